The number of rotatable bonds is 3. The molecule has 22 heavy (non-hydrogen) atoms. The van der Waals surface area contributed by atoms with Gasteiger partial charge >= 0.3 is 0 Å². The van der Waals surface area contributed by atoms with Gasteiger partial charge in [-0.1, -0.05) is 41.3 Å². The fourth-order valence-electron chi connectivity index (χ4n) is 3.01. The SMILES string of the molecule is Cc1c(Br)cccc1NC(=O)c1csc(C2CCCCC2)c1. The minimum atomic E-state index is -0.0143. The number of halogens is 1. The molecular formula is C18H20BrNOS. The molecule has 0 aliphatic heterocycles. The van der Waals surface area contributed by atoms with Crippen molar-refractivity contribution in [2.24, 2.45) is 0 Å². The highest BCUT2D eigenvalue weighted by atomic mass is 79.9. The van der Waals surface area contributed by atoms with Crippen LogP contribution in [0.4, 0.5) is 5.69 Å². The van der Waals surface area contributed by atoms with Crippen molar-refractivity contribution in [1.29, 1.82) is 0 Å². The lowest BCUT2D eigenvalue weighted by Crippen LogP contribution is -2.12. The van der Waals surface area contributed by atoms with Gasteiger partial charge in [-0.15, -0.1) is 11.3 Å². The monoisotopic (exact) mass is 377 g/mol. The molecule has 0 unspecified atom stereocenters. The Bertz CT molecular complexity index is 673. The summed E-state index contributed by atoms with van der Waals surface area (Å²) in [6.07, 6.45) is 6.54. The summed E-state index contributed by atoms with van der Waals surface area (Å²) in [6, 6.07) is 7.94. The van der Waals surface area contributed by atoms with Gasteiger partial charge in [-0.2, -0.15) is 0 Å². The lowest BCUT2D eigenvalue weighted by Gasteiger charge is -2.19. The number of nitrogens with one attached hydrogen (secondary N) is 1. The van der Waals surface area contributed by atoms with Gasteiger partial charge in [0.1, 0.15) is 0 Å². The standard InChI is InChI=1S/C18H20BrNOS/c1-12-15(19)8-5-9-16(12)20-18(21)14-10-17(22-11-14)13-6-3-2-4-7-13/h5,8-11,13H,2-4,6-7H2,1H3,(H,20,21). The number of hydrogen-bond acceptors (Lipinski definition) is 2. The van der Waals surface area contributed by atoms with Gasteiger partial charge in [0, 0.05) is 20.4 Å². The van der Waals surface area contributed by atoms with E-state index in [2.05, 4.69) is 27.3 Å². The normalized spacial score (nSPS) is 15.7. The van der Waals surface area contributed by atoms with Crippen LogP contribution in [0.3, 0.4) is 0 Å². The fourth-order valence-corrected chi connectivity index (χ4v) is 4.44. The number of amides is 1. The molecule has 1 aromatic carbocycles. The maximum Gasteiger partial charge on any atom is 0.256 e. The third-order valence-electron chi connectivity index (χ3n) is 4.41. The van der Waals surface area contributed by atoms with Crippen LogP contribution < -0.4 is 5.32 Å². The Morgan fingerprint density at radius 3 is 2.82 bits per heavy atom. The molecule has 0 bridgehead atoms. The van der Waals surface area contributed by atoms with Crippen LogP contribution in [0.2, 0.25) is 0 Å². The van der Waals surface area contributed by atoms with Crippen LogP contribution >= 0.6 is 27.3 Å². The second-order valence-electron chi connectivity index (χ2n) is 5.94. The maximum atomic E-state index is 12.5. The minimum absolute atomic E-state index is 0.0143. The molecule has 1 aliphatic carbocycles. The van der Waals surface area contributed by atoms with Gasteiger partial charge < -0.3 is 5.32 Å². The Labute approximate surface area is 144 Å². The average molecular weight is 378 g/mol. The third-order valence-corrected chi connectivity index (χ3v) is 6.36. The van der Waals surface area contributed by atoms with Gasteiger partial charge in [0.25, 0.3) is 5.91 Å². The first-order chi connectivity index (χ1) is 10.6. The van der Waals surface area contributed by atoms with Crippen molar-refractivity contribution in [2.45, 2.75) is 44.9 Å². The molecule has 1 saturated carbocycles. The molecule has 3 rings (SSSR count). The van der Waals surface area contributed by atoms with Crippen LogP contribution in [0.25, 0.3) is 0 Å². The highest BCUT2D eigenvalue weighted by Gasteiger charge is 2.19. The van der Waals surface area contributed by atoms with Gasteiger partial charge in [-0.3, -0.25) is 4.79 Å². The summed E-state index contributed by atoms with van der Waals surface area (Å²) in [6.45, 7) is 2.00. The van der Waals surface area contributed by atoms with E-state index in [0.29, 0.717) is 5.92 Å². The zero-order chi connectivity index (χ0) is 15.5. The first-order valence-electron chi connectivity index (χ1n) is 7.80. The first-order valence-corrected chi connectivity index (χ1v) is 9.47. The topological polar surface area (TPSA) is 29.1 Å². The molecule has 0 saturated heterocycles. The Morgan fingerprint density at radius 1 is 1.27 bits per heavy atom. The summed E-state index contributed by atoms with van der Waals surface area (Å²) in [7, 11) is 0. The minimum Gasteiger partial charge on any atom is -0.322 e. The number of anilines is 1. The van der Waals surface area contributed by atoms with Crippen LogP contribution in [-0.2, 0) is 0 Å². The molecule has 1 heterocycles. The molecule has 1 aromatic heterocycles. The van der Waals surface area contributed by atoms with Gasteiger partial charge in [-0.25, -0.2) is 0 Å². The van der Waals surface area contributed by atoms with E-state index in [9.17, 15) is 4.79 Å². The van der Waals surface area contributed by atoms with Crippen molar-refractivity contribution in [3.8, 4) is 0 Å². The number of carbonyl (C=O) groups excluding carboxylic acids is 1. The van der Waals surface area contributed by atoms with Gasteiger partial charge in [0.15, 0.2) is 0 Å². The number of hydrogen-bond donors (Lipinski definition) is 1. The second kappa shape index (κ2) is 6.97. The van der Waals surface area contributed by atoms with Crippen molar-refractivity contribution >= 4 is 38.9 Å². The van der Waals surface area contributed by atoms with E-state index in [4.69, 9.17) is 0 Å². The van der Waals surface area contributed by atoms with E-state index in [1.54, 1.807) is 11.3 Å². The zero-order valence-electron chi connectivity index (χ0n) is 12.7. The molecule has 0 atom stereocenters. The van der Waals surface area contributed by atoms with Crippen molar-refractivity contribution in [2.75, 3.05) is 5.32 Å². The number of carbonyl (C=O) groups is 1. The fraction of sp³-hybridized carbons (Fsp3) is 0.389. The highest BCUT2D eigenvalue weighted by molar-refractivity contribution is 9.10. The third kappa shape index (κ3) is 3.44. The van der Waals surface area contributed by atoms with E-state index < -0.39 is 0 Å². The molecule has 1 aliphatic rings. The number of benzene rings is 1. The van der Waals surface area contributed by atoms with Crippen LogP contribution in [0, 0.1) is 6.92 Å². The molecule has 0 spiro atoms. The molecule has 1 amide bonds. The van der Waals surface area contributed by atoms with E-state index in [0.717, 1.165) is 21.3 Å². The quantitative estimate of drug-likeness (QED) is 0.685. The molecule has 1 fully saturated rings. The highest BCUT2D eigenvalue weighted by Crippen LogP contribution is 2.36. The molecule has 4 heteroatoms. The predicted octanol–water partition coefficient (Wildman–Crippen LogP) is 6.12. The Hall–Kier alpha value is -1.13. The van der Waals surface area contributed by atoms with E-state index >= 15 is 0 Å². The van der Waals surface area contributed by atoms with Crippen molar-refractivity contribution < 1.29 is 4.79 Å². The Balaban J connectivity index is 1.72. The molecular weight excluding hydrogens is 358 g/mol. The van der Waals surface area contributed by atoms with E-state index in [-0.39, 0.29) is 5.91 Å². The summed E-state index contributed by atoms with van der Waals surface area (Å²) >= 11 is 5.23. The smallest absolute Gasteiger partial charge is 0.256 e. The van der Waals surface area contributed by atoms with E-state index in [1.165, 1.54) is 37.0 Å². The largest absolute Gasteiger partial charge is 0.322 e. The zero-order valence-corrected chi connectivity index (χ0v) is 15.1. The van der Waals surface area contributed by atoms with Gasteiger partial charge in [0.2, 0.25) is 0 Å². The molecule has 2 nitrogen and oxygen atoms in total. The lowest BCUT2D eigenvalue weighted by molar-refractivity contribution is 0.102. The van der Waals surface area contributed by atoms with Crippen LogP contribution in [0.1, 0.15) is 58.8 Å². The Kier molecular flexibility index (Phi) is 4.99. The van der Waals surface area contributed by atoms with Crippen molar-refractivity contribution in [3.63, 3.8) is 0 Å². The lowest BCUT2D eigenvalue weighted by atomic mass is 9.88. The summed E-state index contributed by atoms with van der Waals surface area (Å²) in [4.78, 5) is 13.8. The number of thiophene rings is 1. The molecule has 2 aromatic rings. The van der Waals surface area contributed by atoms with Crippen molar-refractivity contribution in [1.82, 2.24) is 0 Å². The van der Waals surface area contributed by atoms with Crippen LogP contribution in [-0.4, -0.2) is 5.91 Å². The molecule has 116 valence electrons. The summed E-state index contributed by atoms with van der Waals surface area (Å²) in [5, 5.41) is 5.01. The van der Waals surface area contributed by atoms with E-state index in [1.807, 2.05) is 30.5 Å². The second-order valence-corrected chi connectivity index (χ2v) is 7.74. The Morgan fingerprint density at radius 2 is 2.05 bits per heavy atom. The summed E-state index contributed by atoms with van der Waals surface area (Å²) < 4.78 is 1.01. The van der Waals surface area contributed by atoms with Crippen LogP contribution in [0.15, 0.2) is 34.1 Å². The molecule has 1 N–H and O–H groups in total. The van der Waals surface area contributed by atoms with Crippen LogP contribution in [0.5, 0.6) is 0 Å². The van der Waals surface area contributed by atoms with Gasteiger partial charge in [0.05, 0.1) is 5.56 Å². The summed E-state index contributed by atoms with van der Waals surface area (Å²) in [5.74, 6) is 0.646. The molecule has 0 radical (unpaired) electrons. The predicted molar refractivity (Wildman–Crippen MR) is 97.0 cm³/mol. The van der Waals surface area contributed by atoms with Crippen molar-refractivity contribution in [3.05, 3.63) is 50.1 Å². The van der Waals surface area contributed by atoms with Gasteiger partial charge in [-0.05, 0) is 49.4 Å². The first kappa shape index (κ1) is 15.8. The average Bonchev–Trinajstić information content (AvgIpc) is 3.03. The maximum absolute atomic E-state index is 12.5. The summed E-state index contributed by atoms with van der Waals surface area (Å²) in [5.41, 5.74) is 2.70.